The Kier molecular flexibility index (Phi) is 2.45. The van der Waals surface area contributed by atoms with E-state index in [4.69, 9.17) is 0 Å². The number of hydrogen-bond donors (Lipinski definition) is 0. The summed E-state index contributed by atoms with van der Waals surface area (Å²) in [5, 5.41) is 0. The van der Waals surface area contributed by atoms with Gasteiger partial charge in [0.2, 0.25) is 5.91 Å². The smallest absolute Gasteiger partial charge is 0.222 e. The van der Waals surface area contributed by atoms with Crippen LogP contribution >= 0.6 is 0 Å². The van der Waals surface area contributed by atoms with E-state index in [0.29, 0.717) is 5.91 Å². The lowest BCUT2D eigenvalue weighted by atomic mass is 9.86. The third-order valence-electron chi connectivity index (χ3n) is 4.78. The van der Waals surface area contributed by atoms with Crippen molar-refractivity contribution in [1.82, 2.24) is 4.90 Å². The molecule has 0 spiro atoms. The normalized spacial score (nSPS) is 38.9. The van der Waals surface area contributed by atoms with Crippen molar-refractivity contribution in [2.45, 2.75) is 44.9 Å². The monoisotopic (exact) mass is 207 g/mol. The Morgan fingerprint density at radius 2 is 1.93 bits per heavy atom. The first-order chi connectivity index (χ1) is 7.33. The fourth-order valence-corrected chi connectivity index (χ4v) is 3.95. The van der Waals surface area contributed by atoms with Crippen molar-refractivity contribution in [2.24, 2.45) is 17.8 Å². The summed E-state index contributed by atoms with van der Waals surface area (Å²) < 4.78 is 0. The van der Waals surface area contributed by atoms with Crippen molar-refractivity contribution in [3.05, 3.63) is 0 Å². The predicted octanol–water partition coefficient (Wildman–Crippen LogP) is 2.44. The van der Waals surface area contributed by atoms with E-state index in [2.05, 4.69) is 4.90 Å². The zero-order valence-corrected chi connectivity index (χ0v) is 9.45. The molecule has 1 heterocycles. The van der Waals surface area contributed by atoms with Gasteiger partial charge in [-0.05, 0) is 49.9 Å². The van der Waals surface area contributed by atoms with E-state index >= 15 is 0 Å². The van der Waals surface area contributed by atoms with Gasteiger partial charge in [-0.25, -0.2) is 0 Å². The van der Waals surface area contributed by atoms with Gasteiger partial charge < -0.3 is 4.90 Å². The zero-order valence-electron chi connectivity index (χ0n) is 9.45. The Bertz CT molecular complexity index is 257. The third-order valence-corrected chi connectivity index (χ3v) is 4.78. The maximum absolute atomic E-state index is 12.0. The minimum Gasteiger partial charge on any atom is -0.343 e. The summed E-state index contributed by atoms with van der Waals surface area (Å²) in [7, 11) is 0. The second-order valence-electron chi connectivity index (χ2n) is 5.73. The highest BCUT2D eigenvalue weighted by atomic mass is 16.2. The van der Waals surface area contributed by atoms with Gasteiger partial charge in [0.25, 0.3) is 0 Å². The van der Waals surface area contributed by atoms with Crippen molar-refractivity contribution in [3.8, 4) is 0 Å². The largest absolute Gasteiger partial charge is 0.343 e. The number of rotatable bonds is 2. The highest BCUT2D eigenvalue weighted by molar-refractivity contribution is 5.76. The van der Waals surface area contributed by atoms with Crippen LogP contribution in [0.1, 0.15) is 44.9 Å². The molecule has 3 fully saturated rings. The molecule has 0 aromatic rings. The molecule has 3 atom stereocenters. The van der Waals surface area contributed by atoms with Gasteiger partial charge in [0, 0.05) is 19.5 Å². The third kappa shape index (κ3) is 1.79. The number of carbonyl (C=O) groups is 1. The Hall–Kier alpha value is -0.530. The number of carbonyl (C=O) groups excluding carboxylic acids is 1. The lowest BCUT2D eigenvalue weighted by molar-refractivity contribution is -0.131. The van der Waals surface area contributed by atoms with Crippen molar-refractivity contribution in [2.75, 3.05) is 13.1 Å². The summed E-state index contributed by atoms with van der Waals surface area (Å²) in [6, 6.07) is 0. The summed E-state index contributed by atoms with van der Waals surface area (Å²) in [6.07, 6.45) is 8.94. The molecule has 0 N–H and O–H groups in total. The second-order valence-corrected chi connectivity index (χ2v) is 5.73. The fourth-order valence-electron chi connectivity index (χ4n) is 3.95. The molecule has 1 saturated heterocycles. The molecule has 2 nitrogen and oxygen atoms in total. The van der Waals surface area contributed by atoms with Crippen molar-refractivity contribution in [3.63, 3.8) is 0 Å². The first-order valence-electron chi connectivity index (χ1n) is 6.60. The molecular formula is C13H21NO. The van der Waals surface area contributed by atoms with Crippen LogP contribution in [0.4, 0.5) is 0 Å². The summed E-state index contributed by atoms with van der Waals surface area (Å²) in [5.41, 5.74) is 0. The highest BCUT2D eigenvalue weighted by Gasteiger charge is 2.40. The predicted molar refractivity (Wildman–Crippen MR) is 59.4 cm³/mol. The molecule has 2 aliphatic carbocycles. The van der Waals surface area contributed by atoms with Crippen molar-refractivity contribution < 1.29 is 4.79 Å². The molecular weight excluding hydrogens is 186 g/mol. The molecule has 1 amide bonds. The van der Waals surface area contributed by atoms with Crippen LogP contribution in [0.5, 0.6) is 0 Å². The standard InChI is InChI=1S/C13H21NO/c15-13(14-5-1-2-6-14)9-12-8-10-3-4-11(12)7-10/h10-12H,1-9H2/t10-,11+,12+/m0/s1. The van der Waals surface area contributed by atoms with Crippen LogP contribution in [-0.4, -0.2) is 23.9 Å². The Morgan fingerprint density at radius 3 is 2.53 bits per heavy atom. The molecule has 0 aromatic carbocycles. The Balaban J connectivity index is 1.54. The van der Waals surface area contributed by atoms with E-state index in [1.54, 1.807) is 0 Å². The van der Waals surface area contributed by atoms with Crippen molar-refractivity contribution in [1.29, 1.82) is 0 Å². The van der Waals surface area contributed by atoms with Crippen LogP contribution in [0, 0.1) is 17.8 Å². The summed E-state index contributed by atoms with van der Waals surface area (Å²) >= 11 is 0. The van der Waals surface area contributed by atoms with Crippen LogP contribution < -0.4 is 0 Å². The Morgan fingerprint density at radius 1 is 1.13 bits per heavy atom. The molecule has 2 heteroatoms. The number of fused-ring (bicyclic) bond motifs is 2. The van der Waals surface area contributed by atoms with Crippen LogP contribution in [0.15, 0.2) is 0 Å². The molecule has 84 valence electrons. The van der Waals surface area contributed by atoms with Gasteiger partial charge in [-0.3, -0.25) is 4.79 Å². The maximum atomic E-state index is 12.0. The van der Waals surface area contributed by atoms with Gasteiger partial charge in [0.1, 0.15) is 0 Å². The molecule has 15 heavy (non-hydrogen) atoms. The minimum atomic E-state index is 0.449. The quantitative estimate of drug-likeness (QED) is 0.681. The number of amides is 1. The van der Waals surface area contributed by atoms with E-state index in [1.165, 1.54) is 38.5 Å². The van der Waals surface area contributed by atoms with E-state index < -0.39 is 0 Å². The zero-order chi connectivity index (χ0) is 10.3. The molecule has 0 radical (unpaired) electrons. The molecule has 0 unspecified atom stereocenters. The molecule has 2 saturated carbocycles. The van der Waals surface area contributed by atoms with Gasteiger partial charge in [-0.1, -0.05) is 6.42 Å². The first kappa shape index (κ1) is 9.68. The van der Waals surface area contributed by atoms with Crippen LogP contribution in [-0.2, 0) is 4.79 Å². The number of likely N-dealkylation sites (tertiary alicyclic amines) is 1. The van der Waals surface area contributed by atoms with Gasteiger partial charge >= 0.3 is 0 Å². The maximum Gasteiger partial charge on any atom is 0.222 e. The van der Waals surface area contributed by atoms with Crippen molar-refractivity contribution >= 4 is 5.91 Å². The number of hydrogen-bond acceptors (Lipinski definition) is 1. The lowest BCUT2D eigenvalue weighted by Crippen LogP contribution is -2.30. The highest BCUT2D eigenvalue weighted by Crippen LogP contribution is 2.49. The van der Waals surface area contributed by atoms with E-state index in [-0.39, 0.29) is 0 Å². The summed E-state index contributed by atoms with van der Waals surface area (Å²) in [6.45, 7) is 2.05. The lowest BCUT2D eigenvalue weighted by Gasteiger charge is -2.23. The molecule has 0 aromatic heterocycles. The van der Waals surface area contributed by atoms with Crippen LogP contribution in [0.2, 0.25) is 0 Å². The summed E-state index contributed by atoms with van der Waals surface area (Å²) in [5.74, 6) is 3.08. The van der Waals surface area contributed by atoms with Crippen LogP contribution in [0.3, 0.4) is 0 Å². The topological polar surface area (TPSA) is 20.3 Å². The molecule has 1 aliphatic heterocycles. The fraction of sp³-hybridized carbons (Fsp3) is 0.923. The summed E-state index contributed by atoms with van der Waals surface area (Å²) in [4.78, 5) is 14.1. The van der Waals surface area contributed by atoms with E-state index in [9.17, 15) is 4.79 Å². The second kappa shape index (κ2) is 3.80. The van der Waals surface area contributed by atoms with Gasteiger partial charge in [0.05, 0.1) is 0 Å². The molecule has 3 aliphatic rings. The van der Waals surface area contributed by atoms with Gasteiger partial charge in [-0.2, -0.15) is 0 Å². The first-order valence-corrected chi connectivity index (χ1v) is 6.60. The SMILES string of the molecule is O=C(C[C@H]1C[C@H]2CC[C@@H]1C2)N1CCCC1. The van der Waals surface area contributed by atoms with Crippen LogP contribution in [0.25, 0.3) is 0 Å². The van der Waals surface area contributed by atoms with Gasteiger partial charge in [-0.15, -0.1) is 0 Å². The molecule has 3 rings (SSSR count). The average Bonchev–Trinajstić information content (AvgIpc) is 2.95. The van der Waals surface area contributed by atoms with E-state index in [0.717, 1.165) is 37.3 Å². The molecule has 2 bridgehead atoms. The van der Waals surface area contributed by atoms with Gasteiger partial charge in [0.15, 0.2) is 0 Å². The number of nitrogens with zero attached hydrogens (tertiary/aromatic N) is 1. The average molecular weight is 207 g/mol. The minimum absolute atomic E-state index is 0.449. The Labute approximate surface area is 92.0 Å². The van der Waals surface area contributed by atoms with E-state index in [1.807, 2.05) is 0 Å².